The first-order chi connectivity index (χ1) is 9.26. The first kappa shape index (κ1) is 13.5. The van der Waals surface area contributed by atoms with Crippen molar-refractivity contribution in [1.29, 1.82) is 0 Å². The summed E-state index contributed by atoms with van der Waals surface area (Å²) in [6, 6.07) is 14.3. The third kappa shape index (κ3) is 3.08. The summed E-state index contributed by atoms with van der Waals surface area (Å²) in [5.41, 5.74) is 10.3. The van der Waals surface area contributed by atoms with Gasteiger partial charge in [0.05, 0.1) is 6.61 Å². The molecular formula is C17H21NO. The van der Waals surface area contributed by atoms with E-state index in [1.807, 2.05) is 24.3 Å². The number of anilines is 1. The smallest absolute Gasteiger partial charge is 0.127 e. The number of para-hydroxylation sites is 1. The molecule has 19 heavy (non-hydrogen) atoms. The first-order valence-corrected chi connectivity index (χ1v) is 6.86. The number of nitrogen functional groups attached to an aromatic ring is 1. The van der Waals surface area contributed by atoms with Gasteiger partial charge in [-0.25, -0.2) is 0 Å². The molecule has 0 aliphatic rings. The molecule has 0 aliphatic heterocycles. The van der Waals surface area contributed by atoms with Crippen LogP contribution < -0.4 is 10.5 Å². The molecule has 2 aromatic rings. The molecule has 2 rings (SSSR count). The summed E-state index contributed by atoms with van der Waals surface area (Å²) in [7, 11) is 0. The van der Waals surface area contributed by atoms with Crippen molar-refractivity contribution in [1.82, 2.24) is 0 Å². The Labute approximate surface area is 115 Å². The molecule has 0 amide bonds. The molecule has 0 spiro atoms. The lowest BCUT2D eigenvalue weighted by Crippen LogP contribution is -1.98. The minimum absolute atomic E-state index is 0.743. The number of ether oxygens (including phenoxy) is 1. The SMILES string of the molecule is CCCOc1ccccc1-c1ccc(N)c(CC)c1. The quantitative estimate of drug-likeness (QED) is 0.809. The van der Waals surface area contributed by atoms with E-state index >= 15 is 0 Å². The lowest BCUT2D eigenvalue weighted by atomic mass is 10.00. The Morgan fingerprint density at radius 1 is 1.05 bits per heavy atom. The van der Waals surface area contributed by atoms with Gasteiger partial charge in [0.25, 0.3) is 0 Å². The van der Waals surface area contributed by atoms with Gasteiger partial charge in [-0.2, -0.15) is 0 Å². The van der Waals surface area contributed by atoms with Crippen LogP contribution in [0.4, 0.5) is 5.69 Å². The molecule has 2 heteroatoms. The second-order valence-electron chi connectivity index (χ2n) is 4.61. The molecule has 0 saturated heterocycles. The fourth-order valence-electron chi connectivity index (χ4n) is 2.12. The summed E-state index contributed by atoms with van der Waals surface area (Å²) in [6.45, 7) is 4.97. The fraction of sp³-hybridized carbons (Fsp3) is 0.294. The molecule has 0 unspecified atom stereocenters. The Hall–Kier alpha value is -1.96. The maximum Gasteiger partial charge on any atom is 0.127 e. The minimum atomic E-state index is 0.743. The first-order valence-electron chi connectivity index (χ1n) is 6.86. The molecule has 0 heterocycles. The monoisotopic (exact) mass is 255 g/mol. The van der Waals surface area contributed by atoms with E-state index in [4.69, 9.17) is 10.5 Å². The fourth-order valence-corrected chi connectivity index (χ4v) is 2.12. The summed E-state index contributed by atoms with van der Waals surface area (Å²) >= 11 is 0. The lowest BCUT2D eigenvalue weighted by Gasteiger charge is -2.12. The molecule has 0 fully saturated rings. The van der Waals surface area contributed by atoms with Crippen molar-refractivity contribution in [3.05, 3.63) is 48.0 Å². The summed E-state index contributed by atoms with van der Waals surface area (Å²) in [4.78, 5) is 0. The lowest BCUT2D eigenvalue weighted by molar-refractivity contribution is 0.318. The van der Waals surface area contributed by atoms with Crippen molar-refractivity contribution in [3.63, 3.8) is 0 Å². The Morgan fingerprint density at radius 2 is 1.84 bits per heavy atom. The predicted octanol–water partition coefficient (Wildman–Crippen LogP) is 4.29. The van der Waals surface area contributed by atoms with Crippen molar-refractivity contribution in [3.8, 4) is 16.9 Å². The molecule has 100 valence electrons. The second-order valence-corrected chi connectivity index (χ2v) is 4.61. The van der Waals surface area contributed by atoms with Crippen LogP contribution in [0.1, 0.15) is 25.8 Å². The predicted molar refractivity (Wildman–Crippen MR) is 81.5 cm³/mol. The van der Waals surface area contributed by atoms with Crippen LogP contribution in [0.15, 0.2) is 42.5 Å². The Morgan fingerprint density at radius 3 is 2.58 bits per heavy atom. The summed E-state index contributed by atoms with van der Waals surface area (Å²) in [5, 5.41) is 0. The highest BCUT2D eigenvalue weighted by molar-refractivity contribution is 5.73. The van der Waals surface area contributed by atoms with E-state index in [0.717, 1.165) is 42.0 Å². The molecule has 2 nitrogen and oxygen atoms in total. The highest BCUT2D eigenvalue weighted by atomic mass is 16.5. The van der Waals surface area contributed by atoms with Crippen LogP contribution in [0.3, 0.4) is 0 Å². The maximum absolute atomic E-state index is 5.97. The Kier molecular flexibility index (Phi) is 4.45. The number of hydrogen-bond donors (Lipinski definition) is 1. The van der Waals surface area contributed by atoms with Gasteiger partial charge in [0.1, 0.15) is 5.75 Å². The molecule has 0 aromatic heterocycles. The number of rotatable bonds is 5. The Balaban J connectivity index is 2.40. The van der Waals surface area contributed by atoms with Gasteiger partial charge in [0.2, 0.25) is 0 Å². The number of aryl methyl sites for hydroxylation is 1. The highest BCUT2D eigenvalue weighted by Gasteiger charge is 2.07. The van der Waals surface area contributed by atoms with Crippen LogP contribution in [-0.4, -0.2) is 6.61 Å². The third-order valence-electron chi connectivity index (χ3n) is 3.18. The molecule has 0 atom stereocenters. The van der Waals surface area contributed by atoms with Crippen molar-refractivity contribution in [2.24, 2.45) is 0 Å². The van der Waals surface area contributed by atoms with E-state index in [0.29, 0.717) is 0 Å². The zero-order valence-electron chi connectivity index (χ0n) is 11.6. The number of benzene rings is 2. The maximum atomic E-state index is 5.97. The van der Waals surface area contributed by atoms with Crippen LogP contribution >= 0.6 is 0 Å². The standard InChI is InChI=1S/C17H21NO/c1-3-11-19-17-8-6-5-7-15(17)14-9-10-16(18)13(4-2)12-14/h5-10,12H,3-4,11,18H2,1-2H3. The normalized spacial score (nSPS) is 10.4. The van der Waals surface area contributed by atoms with Gasteiger partial charge in [0.15, 0.2) is 0 Å². The average molecular weight is 255 g/mol. The van der Waals surface area contributed by atoms with Crippen molar-refractivity contribution < 1.29 is 4.74 Å². The van der Waals surface area contributed by atoms with Crippen LogP contribution in [0.2, 0.25) is 0 Å². The van der Waals surface area contributed by atoms with Crippen molar-refractivity contribution in [2.45, 2.75) is 26.7 Å². The Bertz CT molecular complexity index is 549. The average Bonchev–Trinajstić information content (AvgIpc) is 2.46. The topological polar surface area (TPSA) is 35.2 Å². The molecular weight excluding hydrogens is 234 g/mol. The molecule has 2 aromatic carbocycles. The minimum Gasteiger partial charge on any atom is -0.493 e. The van der Waals surface area contributed by atoms with Gasteiger partial charge in [-0.3, -0.25) is 0 Å². The van der Waals surface area contributed by atoms with Crippen LogP contribution in [0.25, 0.3) is 11.1 Å². The third-order valence-corrected chi connectivity index (χ3v) is 3.18. The van der Waals surface area contributed by atoms with Gasteiger partial charge < -0.3 is 10.5 Å². The molecule has 0 saturated carbocycles. The van der Waals surface area contributed by atoms with Gasteiger partial charge in [-0.1, -0.05) is 38.1 Å². The van der Waals surface area contributed by atoms with Crippen LogP contribution in [0.5, 0.6) is 5.75 Å². The summed E-state index contributed by atoms with van der Waals surface area (Å²) in [5.74, 6) is 0.941. The van der Waals surface area contributed by atoms with Crippen LogP contribution in [0, 0.1) is 0 Å². The van der Waals surface area contributed by atoms with E-state index in [9.17, 15) is 0 Å². The van der Waals surface area contributed by atoms with Crippen molar-refractivity contribution >= 4 is 5.69 Å². The highest BCUT2D eigenvalue weighted by Crippen LogP contribution is 2.31. The molecule has 0 bridgehead atoms. The summed E-state index contributed by atoms with van der Waals surface area (Å²) < 4.78 is 5.81. The van der Waals surface area contributed by atoms with E-state index < -0.39 is 0 Å². The zero-order chi connectivity index (χ0) is 13.7. The van der Waals surface area contributed by atoms with E-state index in [-0.39, 0.29) is 0 Å². The summed E-state index contributed by atoms with van der Waals surface area (Å²) in [6.07, 6.45) is 1.95. The van der Waals surface area contributed by atoms with Gasteiger partial charge in [-0.15, -0.1) is 0 Å². The van der Waals surface area contributed by atoms with Gasteiger partial charge >= 0.3 is 0 Å². The van der Waals surface area contributed by atoms with E-state index in [2.05, 4.69) is 32.0 Å². The molecule has 2 N–H and O–H groups in total. The second kappa shape index (κ2) is 6.28. The molecule has 0 aliphatic carbocycles. The molecule has 0 radical (unpaired) electrons. The van der Waals surface area contributed by atoms with E-state index in [1.165, 1.54) is 5.56 Å². The van der Waals surface area contributed by atoms with Crippen molar-refractivity contribution in [2.75, 3.05) is 12.3 Å². The number of nitrogens with two attached hydrogens (primary N) is 1. The van der Waals surface area contributed by atoms with Crippen LogP contribution in [-0.2, 0) is 6.42 Å². The zero-order valence-corrected chi connectivity index (χ0v) is 11.6. The van der Waals surface area contributed by atoms with Gasteiger partial charge in [0, 0.05) is 11.3 Å². The van der Waals surface area contributed by atoms with E-state index in [1.54, 1.807) is 0 Å². The number of hydrogen-bond acceptors (Lipinski definition) is 2. The van der Waals surface area contributed by atoms with Gasteiger partial charge in [-0.05, 0) is 42.2 Å². The largest absolute Gasteiger partial charge is 0.493 e.